The van der Waals surface area contributed by atoms with Crippen LogP contribution < -0.4 is 4.72 Å². The monoisotopic (exact) mass is 277 g/mol. The van der Waals surface area contributed by atoms with Gasteiger partial charge in [0.25, 0.3) is 0 Å². The van der Waals surface area contributed by atoms with E-state index in [4.69, 9.17) is 5.11 Å². The maximum Gasteiger partial charge on any atom is 0.320 e. The Balaban J connectivity index is 2.77. The van der Waals surface area contributed by atoms with Crippen LogP contribution in [0.25, 0.3) is 0 Å². The van der Waals surface area contributed by atoms with Gasteiger partial charge in [-0.05, 0) is 24.2 Å². The third-order valence-corrected chi connectivity index (χ3v) is 4.81. The molecule has 0 aliphatic heterocycles. The van der Waals surface area contributed by atoms with Gasteiger partial charge in [0.2, 0.25) is 10.0 Å². The third kappa shape index (κ3) is 4.57. The predicted octanol–water partition coefficient (Wildman–Crippen LogP) is 1.60. The first-order chi connectivity index (χ1) is 8.12. The second-order valence-electron chi connectivity index (χ2n) is 6.13. The van der Waals surface area contributed by atoms with Gasteiger partial charge in [-0.25, -0.2) is 13.1 Å². The zero-order valence-electron chi connectivity index (χ0n) is 11.3. The minimum Gasteiger partial charge on any atom is -0.480 e. The Morgan fingerprint density at radius 2 is 1.83 bits per heavy atom. The summed E-state index contributed by atoms with van der Waals surface area (Å²) in [5.74, 6) is -1.90. The molecule has 5 nitrogen and oxygen atoms in total. The van der Waals surface area contributed by atoms with Crippen LogP contribution in [0.15, 0.2) is 0 Å². The van der Waals surface area contributed by atoms with E-state index in [1.807, 2.05) is 0 Å². The molecule has 0 aromatic rings. The Morgan fingerprint density at radius 3 is 2.33 bits per heavy atom. The maximum absolute atomic E-state index is 11.7. The summed E-state index contributed by atoms with van der Waals surface area (Å²) < 4.78 is 26.0. The van der Waals surface area contributed by atoms with Crippen molar-refractivity contribution in [3.63, 3.8) is 0 Å². The van der Waals surface area contributed by atoms with E-state index in [1.54, 1.807) is 0 Å². The van der Waals surface area contributed by atoms with Crippen molar-refractivity contribution in [3.05, 3.63) is 0 Å². The summed E-state index contributed by atoms with van der Waals surface area (Å²) in [6, 6.07) is -0.136. The van der Waals surface area contributed by atoms with Crippen LogP contribution in [-0.2, 0) is 14.8 Å². The van der Waals surface area contributed by atoms with Crippen molar-refractivity contribution in [3.8, 4) is 0 Å². The Kier molecular flexibility index (Phi) is 4.78. The molecule has 1 saturated carbocycles. The summed E-state index contributed by atoms with van der Waals surface area (Å²) in [6.45, 7) is 6.30. The molecule has 0 bridgehead atoms. The van der Waals surface area contributed by atoms with Gasteiger partial charge in [-0.15, -0.1) is 0 Å². The minimum atomic E-state index is -3.72. The number of hydrogen-bond acceptors (Lipinski definition) is 3. The Morgan fingerprint density at radius 1 is 1.28 bits per heavy atom. The lowest BCUT2D eigenvalue weighted by atomic mass is 9.70. The zero-order chi connectivity index (χ0) is 14.0. The van der Waals surface area contributed by atoms with Crippen molar-refractivity contribution in [2.45, 2.75) is 52.5 Å². The first-order valence-electron chi connectivity index (χ1n) is 6.33. The van der Waals surface area contributed by atoms with Gasteiger partial charge in [-0.3, -0.25) is 4.79 Å². The number of rotatable bonds is 4. The smallest absolute Gasteiger partial charge is 0.320 e. The van der Waals surface area contributed by atoms with Crippen molar-refractivity contribution in [1.82, 2.24) is 4.72 Å². The molecule has 0 spiro atoms. The highest BCUT2D eigenvalue weighted by molar-refractivity contribution is 7.90. The third-order valence-electron chi connectivity index (χ3n) is 3.52. The van der Waals surface area contributed by atoms with Gasteiger partial charge in [0.05, 0.1) is 0 Å². The largest absolute Gasteiger partial charge is 0.480 e. The summed E-state index contributed by atoms with van der Waals surface area (Å²) >= 11 is 0. The van der Waals surface area contributed by atoms with Crippen LogP contribution in [-0.4, -0.2) is 31.3 Å². The first-order valence-corrected chi connectivity index (χ1v) is 7.99. The van der Waals surface area contributed by atoms with E-state index in [0.29, 0.717) is 0 Å². The van der Waals surface area contributed by atoms with Gasteiger partial charge < -0.3 is 5.11 Å². The van der Waals surface area contributed by atoms with Crippen LogP contribution in [0.1, 0.15) is 46.5 Å². The Labute approximate surface area is 109 Å². The quantitative estimate of drug-likeness (QED) is 0.817. The number of sulfonamides is 1. The van der Waals surface area contributed by atoms with Gasteiger partial charge >= 0.3 is 5.97 Å². The molecule has 106 valence electrons. The molecule has 18 heavy (non-hydrogen) atoms. The average molecular weight is 277 g/mol. The molecule has 0 heterocycles. The van der Waals surface area contributed by atoms with E-state index in [1.165, 1.54) is 0 Å². The van der Waals surface area contributed by atoms with E-state index in [2.05, 4.69) is 25.5 Å². The molecule has 0 radical (unpaired) electrons. The van der Waals surface area contributed by atoms with Crippen LogP contribution in [0.5, 0.6) is 0 Å². The van der Waals surface area contributed by atoms with E-state index in [-0.39, 0.29) is 17.4 Å². The molecule has 2 atom stereocenters. The van der Waals surface area contributed by atoms with Crippen LogP contribution in [0.3, 0.4) is 0 Å². The molecule has 1 fully saturated rings. The summed E-state index contributed by atoms with van der Waals surface area (Å²) in [7, 11) is -3.72. The van der Waals surface area contributed by atoms with Gasteiger partial charge in [0.1, 0.15) is 0 Å². The molecular weight excluding hydrogens is 254 g/mol. The van der Waals surface area contributed by atoms with E-state index in [9.17, 15) is 13.2 Å². The zero-order valence-corrected chi connectivity index (χ0v) is 12.1. The van der Waals surface area contributed by atoms with Crippen LogP contribution in [0.2, 0.25) is 0 Å². The van der Waals surface area contributed by atoms with Crippen molar-refractivity contribution in [2.75, 3.05) is 5.75 Å². The lowest BCUT2D eigenvalue weighted by molar-refractivity contribution is -0.134. The highest BCUT2D eigenvalue weighted by Gasteiger charge is 2.36. The van der Waals surface area contributed by atoms with E-state index in [0.717, 1.165) is 25.7 Å². The molecule has 1 rings (SSSR count). The number of carboxylic acid groups (broad SMARTS) is 1. The molecular formula is C12H23NO4S. The molecule has 1 aliphatic carbocycles. The van der Waals surface area contributed by atoms with Crippen molar-refractivity contribution >= 4 is 16.0 Å². The summed E-state index contributed by atoms with van der Waals surface area (Å²) in [5, 5.41) is 8.59. The van der Waals surface area contributed by atoms with E-state index < -0.39 is 21.7 Å². The lowest BCUT2D eigenvalue weighted by Gasteiger charge is -2.40. The summed E-state index contributed by atoms with van der Waals surface area (Å²) in [6.07, 6.45) is 3.89. The highest BCUT2D eigenvalue weighted by Crippen LogP contribution is 2.38. The van der Waals surface area contributed by atoms with Crippen molar-refractivity contribution in [2.24, 2.45) is 11.3 Å². The molecule has 1 aliphatic rings. The molecule has 0 saturated heterocycles. The van der Waals surface area contributed by atoms with Crippen LogP contribution >= 0.6 is 0 Å². The molecule has 0 aromatic carbocycles. The van der Waals surface area contributed by atoms with Crippen LogP contribution in [0, 0.1) is 11.3 Å². The number of carboxylic acids is 1. The number of carbonyl (C=O) groups is 1. The molecule has 0 amide bonds. The number of nitrogens with one attached hydrogen (secondary N) is 1. The van der Waals surface area contributed by atoms with Crippen LogP contribution in [0.4, 0.5) is 0 Å². The van der Waals surface area contributed by atoms with Crippen molar-refractivity contribution in [1.29, 1.82) is 0 Å². The van der Waals surface area contributed by atoms with Gasteiger partial charge in [0, 0.05) is 6.04 Å². The fourth-order valence-corrected chi connectivity index (χ4v) is 3.90. The van der Waals surface area contributed by atoms with Gasteiger partial charge in [-0.2, -0.15) is 0 Å². The first kappa shape index (κ1) is 15.4. The summed E-state index contributed by atoms with van der Waals surface area (Å²) in [5.41, 5.74) is 0.0246. The normalized spacial score (nSPS) is 25.9. The SMILES string of the molecule is CC(C)(C)C1CCCCC1NS(=O)(=O)CC(=O)O. The minimum absolute atomic E-state index is 0.0246. The molecule has 6 heteroatoms. The average Bonchev–Trinajstić information content (AvgIpc) is 2.13. The van der Waals surface area contributed by atoms with Gasteiger partial charge in [0.15, 0.2) is 5.75 Å². The lowest BCUT2D eigenvalue weighted by Crippen LogP contribution is -2.47. The second-order valence-corrected chi connectivity index (χ2v) is 7.89. The molecule has 2 N–H and O–H groups in total. The Bertz CT molecular complexity index is 397. The fourth-order valence-electron chi connectivity index (χ4n) is 2.74. The maximum atomic E-state index is 11.7. The summed E-state index contributed by atoms with van der Waals surface area (Å²) in [4.78, 5) is 10.5. The predicted molar refractivity (Wildman–Crippen MR) is 69.8 cm³/mol. The number of aliphatic carboxylic acids is 1. The van der Waals surface area contributed by atoms with E-state index >= 15 is 0 Å². The fraction of sp³-hybridized carbons (Fsp3) is 0.917. The topological polar surface area (TPSA) is 83.5 Å². The number of hydrogen-bond donors (Lipinski definition) is 2. The standard InChI is InChI=1S/C12H23NO4S/c1-12(2,3)9-6-4-5-7-10(9)13-18(16,17)8-11(14)15/h9-10,13H,4-8H2,1-3H3,(H,14,15). The molecule has 2 unspecified atom stereocenters. The van der Waals surface area contributed by atoms with Crippen molar-refractivity contribution < 1.29 is 18.3 Å². The molecule has 0 aromatic heterocycles. The highest BCUT2D eigenvalue weighted by atomic mass is 32.2. The Hall–Kier alpha value is -0.620. The second kappa shape index (κ2) is 5.57. The van der Waals surface area contributed by atoms with Gasteiger partial charge in [-0.1, -0.05) is 33.6 Å².